The lowest BCUT2D eigenvalue weighted by molar-refractivity contribution is 0.00578. The molecule has 0 aromatic heterocycles. The van der Waals surface area contributed by atoms with Gasteiger partial charge in [0, 0.05) is 6.54 Å². The molecule has 1 saturated heterocycles. The highest BCUT2D eigenvalue weighted by atomic mass is 16.7. The van der Waals surface area contributed by atoms with Crippen LogP contribution in [0.25, 0.3) is 0 Å². The maximum atomic E-state index is 6.01. The van der Waals surface area contributed by atoms with Gasteiger partial charge in [0.25, 0.3) is 0 Å². The van der Waals surface area contributed by atoms with Crippen LogP contribution in [0.4, 0.5) is 0 Å². The summed E-state index contributed by atoms with van der Waals surface area (Å²) in [7, 11) is 1.31. The Labute approximate surface area is 115 Å². The van der Waals surface area contributed by atoms with Crippen molar-refractivity contribution in [2.75, 3.05) is 7.11 Å². The van der Waals surface area contributed by atoms with Gasteiger partial charge in [-0.05, 0) is 38.7 Å². The van der Waals surface area contributed by atoms with Gasteiger partial charge < -0.3 is 14.1 Å². The molecule has 0 bridgehead atoms. The monoisotopic (exact) mass is 263 g/mol. The number of hydrogen-bond acceptors (Lipinski definition) is 4. The second-order valence-electron chi connectivity index (χ2n) is 5.86. The van der Waals surface area contributed by atoms with Crippen molar-refractivity contribution in [2.24, 2.45) is 0 Å². The Hall–Kier alpha value is -0.875. The molecule has 1 fully saturated rings. The lowest BCUT2D eigenvalue weighted by Gasteiger charge is -2.32. The summed E-state index contributed by atoms with van der Waals surface area (Å²) in [5, 5.41) is 0. The van der Waals surface area contributed by atoms with E-state index in [-0.39, 0.29) is 18.3 Å². The minimum absolute atomic E-state index is 0.297. The van der Waals surface area contributed by atoms with Crippen molar-refractivity contribution < 1.29 is 14.1 Å². The summed E-state index contributed by atoms with van der Waals surface area (Å²) in [6, 6.07) is 8.17. The van der Waals surface area contributed by atoms with E-state index in [9.17, 15) is 0 Å². The molecule has 0 saturated carbocycles. The number of benzene rings is 1. The van der Waals surface area contributed by atoms with Gasteiger partial charge in [0.1, 0.15) is 0 Å². The molecule has 0 unspecified atom stereocenters. The van der Waals surface area contributed by atoms with Gasteiger partial charge in [0.2, 0.25) is 0 Å². The summed E-state index contributed by atoms with van der Waals surface area (Å²) < 4.78 is 12.0. The Morgan fingerprint density at radius 1 is 1.05 bits per heavy atom. The zero-order chi connectivity index (χ0) is 14.1. The highest BCUT2D eigenvalue weighted by molar-refractivity contribution is 6.62. The van der Waals surface area contributed by atoms with Crippen molar-refractivity contribution in [3.05, 3.63) is 29.8 Å². The third-order valence-electron chi connectivity index (χ3n) is 3.93. The Morgan fingerprint density at radius 2 is 1.58 bits per heavy atom. The number of nitrogens with one attached hydrogen (secondary N) is 1. The molecule has 0 radical (unpaired) electrons. The van der Waals surface area contributed by atoms with Gasteiger partial charge in [-0.2, -0.15) is 5.48 Å². The molecule has 2 rings (SSSR count). The minimum atomic E-state index is -0.298. The van der Waals surface area contributed by atoms with E-state index in [4.69, 9.17) is 14.1 Å². The molecular weight excluding hydrogens is 241 g/mol. The molecular formula is C14H22BNO3. The summed E-state index contributed by atoms with van der Waals surface area (Å²) in [4.78, 5) is 4.83. The van der Waals surface area contributed by atoms with Gasteiger partial charge in [0.15, 0.2) is 0 Å². The fourth-order valence-electron chi connectivity index (χ4n) is 1.93. The number of rotatable bonds is 4. The van der Waals surface area contributed by atoms with Crippen LogP contribution in [0.5, 0.6) is 0 Å². The standard InChI is InChI=1S/C14H22BNO3/c1-13(2)14(3,4)19-15(18-13)12-8-6-11(7-9-12)10-16-17-5/h6-9,16H,10H2,1-5H3. The SMILES string of the molecule is CONCc1ccc(B2OC(C)(C)C(C)(C)O2)cc1. The van der Waals surface area contributed by atoms with Gasteiger partial charge in [-0.15, -0.1) is 0 Å². The Bertz CT molecular complexity index is 415. The second-order valence-corrected chi connectivity index (χ2v) is 5.86. The largest absolute Gasteiger partial charge is 0.494 e. The minimum Gasteiger partial charge on any atom is -0.399 e. The van der Waals surface area contributed by atoms with Crippen molar-refractivity contribution >= 4 is 12.6 Å². The molecule has 1 heterocycles. The predicted octanol–water partition coefficient (Wildman–Crippen LogP) is 1.64. The topological polar surface area (TPSA) is 39.7 Å². The van der Waals surface area contributed by atoms with Crippen molar-refractivity contribution in [2.45, 2.75) is 45.4 Å². The third-order valence-corrected chi connectivity index (χ3v) is 3.93. The summed E-state index contributed by atoms with van der Waals surface area (Å²) in [5.41, 5.74) is 4.42. The maximum Gasteiger partial charge on any atom is 0.494 e. The normalized spacial score (nSPS) is 20.8. The maximum absolute atomic E-state index is 6.01. The zero-order valence-electron chi connectivity index (χ0n) is 12.3. The molecule has 0 atom stereocenters. The van der Waals surface area contributed by atoms with Crippen LogP contribution in [0.2, 0.25) is 0 Å². The fourth-order valence-corrected chi connectivity index (χ4v) is 1.93. The molecule has 0 amide bonds. The summed E-state index contributed by atoms with van der Waals surface area (Å²) >= 11 is 0. The number of hydroxylamine groups is 1. The van der Waals surface area contributed by atoms with E-state index in [0.29, 0.717) is 6.54 Å². The van der Waals surface area contributed by atoms with E-state index in [1.165, 1.54) is 0 Å². The van der Waals surface area contributed by atoms with Gasteiger partial charge in [-0.3, -0.25) is 0 Å². The highest BCUT2D eigenvalue weighted by Crippen LogP contribution is 2.36. The van der Waals surface area contributed by atoms with Gasteiger partial charge in [0.05, 0.1) is 18.3 Å². The van der Waals surface area contributed by atoms with Gasteiger partial charge in [-0.25, -0.2) is 0 Å². The first-order valence-corrected chi connectivity index (χ1v) is 6.56. The van der Waals surface area contributed by atoms with Crippen LogP contribution in [-0.4, -0.2) is 25.4 Å². The Kier molecular flexibility index (Phi) is 4.01. The van der Waals surface area contributed by atoms with E-state index < -0.39 is 0 Å². The molecule has 1 N–H and O–H groups in total. The lowest BCUT2D eigenvalue weighted by Crippen LogP contribution is -2.41. The molecule has 104 valence electrons. The predicted molar refractivity (Wildman–Crippen MR) is 76.0 cm³/mol. The highest BCUT2D eigenvalue weighted by Gasteiger charge is 2.51. The van der Waals surface area contributed by atoms with Crippen molar-refractivity contribution in [1.29, 1.82) is 0 Å². The van der Waals surface area contributed by atoms with Crippen LogP contribution in [0.15, 0.2) is 24.3 Å². The van der Waals surface area contributed by atoms with Crippen LogP contribution >= 0.6 is 0 Å². The first-order chi connectivity index (χ1) is 8.86. The third kappa shape index (κ3) is 3.00. The lowest BCUT2D eigenvalue weighted by atomic mass is 9.79. The van der Waals surface area contributed by atoms with E-state index >= 15 is 0 Å². The van der Waals surface area contributed by atoms with E-state index in [0.717, 1.165) is 11.0 Å². The van der Waals surface area contributed by atoms with Crippen molar-refractivity contribution in [3.8, 4) is 0 Å². The van der Waals surface area contributed by atoms with Gasteiger partial charge >= 0.3 is 7.12 Å². The van der Waals surface area contributed by atoms with Crippen molar-refractivity contribution in [1.82, 2.24) is 5.48 Å². The van der Waals surface area contributed by atoms with Crippen LogP contribution < -0.4 is 10.9 Å². The first-order valence-electron chi connectivity index (χ1n) is 6.56. The first kappa shape index (κ1) is 14.5. The fraction of sp³-hybridized carbons (Fsp3) is 0.571. The molecule has 0 aliphatic carbocycles. The quantitative estimate of drug-likeness (QED) is 0.662. The molecule has 0 spiro atoms. The summed E-state index contributed by atoms with van der Waals surface area (Å²) in [6.45, 7) is 8.92. The van der Waals surface area contributed by atoms with E-state index in [1.54, 1.807) is 7.11 Å². The van der Waals surface area contributed by atoms with Gasteiger partial charge in [-0.1, -0.05) is 24.3 Å². The van der Waals surface area contributed by atoms with Crippen LogP contribution in [0.3, 0.4) is 0 Å². The number of hydrogen-bond donors (Lipinski definition) is 1. The van der Waals surface area contributed by atoms with Crippen LogP contribution in [0, 0.1) is 0 Å². The van der Waals surface area contributed by atoms with E-state index in [1.807, 2.05) is 24.3 Å². The smallest absolute Gasteiger partial charge is 0.399 e. The molecule has 4 nitrogen and oxygen atoms in total. The second kappa shape index (κ2) is 5.25. The molecule has 1 aliphatic heterocycles. The molecule has 1 aliphatic rings. The Balaban J connectivity index is 2.08. The molecule has 1 aromatic rings. The van der Waals surface area contributed by atoms with Crippen LogP contribution in [0.1, 0.15) is 33.3 Å². The summed E-state index contributed by atoms with van der Waals surface area (Å²) in [6.07, 6.45) is 0. The average Bonchev–Trinajstić information content (AvgIpc) is 2.56. The Morgan fingerprint density at radius 3 is 2.05 bits per heavy atom. The van der Waals surface area contributed by atoms with Crippen LogP contribution in [-0.2, 0) is 20.7 Å². The summed E-state index contributed by atoms with van der Waals surface area (Å²) in [5.74, 6) is 0. The molecule has 5 heteroatoms. The van der Waals surface area contributed by atoms with E-state index in [2.05, 4.69) is 33.2 Å². The molecule has 1 aromatic carbocycles. The average molecular weight is 263 g/mol. The zero-order valence-corrected chi connectivity index (χ0v) is 12.3. The van der Waals surface area contributed by atoms with Crippen molar-refractivity contribution in [3.63, 3.8) is 0 Å². The molecule has 19 heavy (non-hydrogen) atoms.